The molecule has 1 amide bonds. The van der Waals surface area contributed by atoms with E-state index in [1.165, 1.54) is 10.9 Å². The summed E-state index contributed by atoms with van der Waals surface area (Å²) >= 11 is 1.66. The average Bonchev–Trinajstić information content (AvgIpc) is 3.37. The third-order valence-corrected chi connectivity index (χ3v) is 6.35. The van der Waals surface area contributed by atoms with Crippen LogP contribution in [0.2, 0.25) is 0 Å². The molecule has 2 aromatic carbocycles. The number of nitrogens with one attached hydrogen (secondary N) is 1. The second-order valence-corrected chi connectivity index (χ2v) is 8.05. The van der Waals surface area contributed by atoms with E-state index in [1.54, 1.807) is 59.6 Å². The van der Waals surface area contributed by atoms with Gasteiger partial charge in [0.15, 0.2) is 0 Å². The first-order valence-electron chi connectivity index (χ1n) is 9.57. The minimum absolute atomic E-state index is 0.148. The maximum atomic E-state index is 14.4. The molecule has 3 heterocycles. The van der Waals surface area contributed by atoms with E-state index in [0.29, 0.717) is 23.6 Å². The highest BCUT2D eigenvalue weighted by molar-refractivity contribution is 7.16. The fraction of sp³-hybridized carbons (Fsp3) is 0.130. The molecule has 0 saturated carbocycles. The Morgan fingerprint density at radius 2 is 2.03 bits per heavy atom. The number of amides is 1. The zero-order valence-electron chi connectivity index (χ0n) is 16.2. The summed E-state index contributed by atoms with van der Waals surface area (Å²) in [4.78, 5) is 14.2. The largest absolute Gasteiger partial charge is 0.493 e. The van der Waals surface area contributed by atoms with Crippen LogP contribution in [-0.2, 0) is 6.42 Å². The van der Waals surface area contributed by atoms with Crippen molar-refractivity contribution in [3.8, 4) is 33.1 Å². The highest BCUT2D eigenvalue weighted by Gasteiger charge is 2.22. The minimum atomic E-state index is -0.318. The molecule has 0 saturated heterocycles. The lowest BCUT2D eigenvalue weighted by atomic mass is 10.0. The van der Waals surface area contributed by atoms with Crippen molar-refractivity contribution in [3.63, 3.8) is 0 Å². The van der Waals surface area contributed by atoms with Crippen molar-refractivity contribution >= 4 is 17.2 Å². The number of hydrogen-bond donors (Lipinski definition) is 1. The molecule has 0 fully saturated rings. The van der Waals surface area contributed by atoms with Gasteiger partial charge in [-0.1, -0.05) is 12.1 Å². The van der Waals surface area contributed by atoms with Crippen molar-refractivity contribution in [1.29, 1.82) is 0 Å². The van der Waals surface area contributed by atoms with Crippen LogP contribution in [0, 0.1) is 5.82 Å². The summed E-state index contributed by atoms with van der Waals surface area (Å²) in [7, 11) is 1.61. The smallest absolute Gasteiger partial charge is 0.251 e. The van der Waals surface area contributed by atoms with E-state index >= 15 is 0 Å². The van der Waals surface area contributed by atoms with Gasteiger partial charge < -0.3 is 10.1 Å². The van der Waals surface area contributed by atoms with Crippen LogP contribution in [0.5, 0.6) is 5.75 Å². The SMILES string of the molecule is CNC(=O)c1ccc2c(c1)OCCc1sc(-c3ccnn3-c3ccccc3F)cc1-2. The van der Waals surface area contributed by atoms with Gasteiger partial charge in [0.2, 0.25) is 0 Å². The number of para-hydroxylation sites is 1. The molecule has 2 aromatic heterocycles. The first-order valence-corrected chi connectivity index (χ1v) is 10.4. The zero-order chi connectivity index (χ0) is 20.7. The minimum Gasteiger partial charge on any atom is -0.493 e. The molecule has 1 aliphatic heterocycles. The van der Waals surface area contributed by atoms with Crippen LogP contribution in [0.15, 0.2) is 60.8 Å². The van der Waals surface area contributed by atoms with Crippen LogP contribution in [0.4, 0.5) is 4.39 Å². The van der Waals surface area contributed by atoms with E-state index in [1.807, 2.05) is 12.1 Å². The highest BCUT2D eigenvalue weighted by atomic mass is 32.1. The van der Waals surface area contributed by atoms with E-state index in [9.17, 15) is 9.18 Å². The van der Waals surface area contributed by atoms with Gasteiger partial charge in [0.25, 0.3) is 5.91 Å². The number of rotatable bonds is 3. The number of hydrogen-bond acceptors (Lipinski definition) is 4. The second-order valence-electron chi connectivity index (χ2n) is 6.92. The quantitative estimate of drug-likeness (QED) is 0.524. The van der Waals surface area contributed by atoms with Gasteiger partial charge in [0.1, 0.15) is 17.3 Å². The van der Waals surface area contributed by atoms with E-state index in [4.69, 9.17) is 4.74 Å². The number of carbonyl (C=O) groups excluding carboxylic acids is 1. The fourth-order valence-electron chi connectivity index (χ4n) is 3.68. The number of ether oxygens (including phenoxy) is 1. The number of carbonyl (C=O) groups is 1. The number of nitrogens with zero attached hydrogens (tertiary/aromatic N) is 2. The third kappa shape index (κ3) is 3.07. The monoisotopic (exact) mass is 419 g/mol. The Bertz CT molecular complexity index is 1260. The van der Waals surface area contributed by atoms with E-state index < -0.39 is 0 Å². The fourth-order valence-corrected chi connectivity index (χ4v) is 4.84. The van der Waals surface area contributed by atoms with E-state index in [0.717, 1.165) is 28.1 Å². The molecule has 0 spiro atoms. The lowest BCUT2D eigenvalue weighted by Crippen LogP contribution is -2.17. The molecule has 0 aliphatic carbocycles. The summed E-state index contributed by atoms with van der Waals surface area (Å²) in [6.45, 7) is 0.531. The van der Waals surface area contributed by atoms with Crippen molar-refractivity contribution < 1.29 is 13.9 Å². The van der Waals surface area contributed by atoms with Crippen LogP contribution in [0.25, 0.3) is 27.4 Å². The van der Waals surface area contributed by atoms with Gasteiger partial charge in [-0.25, -0.2) is 9.07 Å². The van der Waals surface area contributed by atoms with Crippen LogP contribution >= 0.6 is 11.3 Å². The van der Waals surface area contributed by atoms with Crippen LogP contribution in [0.1, 0.15) is 15.2 Å². The Morgan fingerprint density at radius 3 is 2.87 bits per heavy atom. The molecular formula is C23H18FN3O2S. The summed E-state index contributed by atoms with van der Waals surface area (Å²) in [5.41, 5.74) is 3.84. The molecule has 150 valence electrons. The van der Waals surface area contributed by atoms with Crippen molar-refractivity contribution in [2.45, 2.75) is 6.42 Å². The molecule has 5 rings (SSSR count). The van der Waals surface area contributed by atoms with E-state index in [2.05, 4.69) is 16.5 Å². The maximum Gasteiger partial charge on any atom is 0.251 e. The maximum absolute atomic E-state index is 14.4. The zero-order valence-corrected chi connectivity index (χ0v) is 17.0. The Hall–Kier alpha value is -3.45. The predicted molar refractivity (Wildman–Crippen MR) is 115 cm³/mol. The standard InChI is InChI=1S/C23H18FN3O2S/c1-25-23(28)14-6-7-15-16-13-22(30-21(16)9-11-29-20(15)12-14)19-8-10-26-27(19)18-5-3-2-4-17(18)24/h2-8,10,12-13H,9,11H2,1H3,(H,25,28). The van der Waals surface area contributed by atoms with Gasteiger partial charge in [0.05, 0.1) is 23.4 Å². The molecule has 4 aromatic rings. The van der Waals surface area contributed by atoms with Gasteiger partial charge >= 0.3 is 0 Å². The first kappa shape index (κ1) is 18.6. The van der Waals surface area contributed by atoms with Crippen LogP contribution < -0.4 is 10.1 Å². The second kappa shape index (κ2) is 7.42. The third-order valence-electron chi connectivity index (χ3n) is 5.13. The molecule has 5 nitrogen and oxygen atoms in total. The number of fused-ring (bicyclic) bond motifs is 3. The van der Waals surface area contributed by atoms with Gasteiger partial charge in [-0.05, 0) is 42.5 Å². The summed E-state index contributed by atoms with van der Waals surface area (Å²) in [6.07, 6.45) is 2.44. The van der Waals surface area contributed by atoms with Crippen LogP contribution in [0.3, 0.4) is 0 Å². The lowest BCUT2D eigenvalue weighted by Gasteiger charge is -2.10. The molecule has 7 heteroatoms. The predicted octanol–water partition coefficient (Wildman–Crippen LogP) is 4.70. The molecule has 0 atom stereocenters. The van der Waals surface area contributed by atoms with Crippen molar-refractivity contribution in [3.05, 3.63) is 77.1 Å². The van der Waals surface area contributed by atoms with Gasteiger partial charge in [0, 0.05) is 35.0 Å². The Balaban J connectivity index is 1.60. The van der Waals surface area contributed by atoms with Crippen LogP contribution in [-0.4, -0.2) is 29.3 Å². The first-order chi connectivity index (χ1) is 14.7. The number of aromatic nitrogens is 2. The number of benzene rings is 2. The summed E-state index contributed by atoms with van der Waals surface area (Å²) in [5.74, 6) is 0.230. The number of halogens is 1. The van der Waals surface area contributed by atoms with Crippen molar-refractivity contribution in [2.24, 2.45) is 0 Å². The summed E-state index contributed by atoms with van der Waals surface area (Å²) in [6, 6.07) is 16.1. The highest BCUT2D eigenvalue weighted by Crippen LogP contribution is 2.43. The topological polar surface area (TPSA) is 56.1 Å². The number of thiophene rings is 1. The van der Waals surface area contributed by atoms with Gasteiger partial charge in [-0.3, -0.25) is 4.79 Å². The lowest BCUT2D eigenvalue weighted by molar-refractivity contribution is 0.0962. The normalized spacial score (nSPS) is 12.5. The molecule has 1 N–H and O–H groups in total. The molecule has 0 radical (unpaired) electrons. The Morgan fingerprint density at radius 1 is 1.17 bits per heavy atom. The Kier molecular flexibility index (Phi) is 4.59. The van der Waals surface area contributed by atoms with Gasteiger partial charge in [-0.2, -0.15) is 5.10 Å². The summed E-state index contributed by atoms with van der Waals surface area (Å²) in [5, 5.41) is 6.99. The molecule has 30 heavy (non-hydrogen) atoms. The molecular weight excluding hydrogens is 401 g/mol. The van der Waals surface area contributed by atoms with Crippen molar-refractivity contribution in [1.82, 2.24) is 15.1 Å². The van der Waals surface area contributed by atoms with Crippen molar-refractivity contribution in [2.75, 3.05) is 13.7 Å². The van der Waals surface area contributed by atoms with E-state index in [-0.39, 0.29) is 11.7 Å². The Labute approximate surface area is 176 Å². The van der Waals surface area contributed by atoms with Gasteiger partial charge in [-0.15, -0.1) is 11.3 Å². The average molecular weight is 419 g/mol. The summed E-state index contributed by atoms with van der Waals surface area (Å²) < 4.78 is 21.9. The molecule has 0 bridgehead atoms. The molecule has 1 aliphatic rings. The molecule has 0 unspecified atom stereocenters.